The predicted octanol–water partition coefficient (Wildman–Crippen LogP) is 5.22. The van der Waals surface area contributed by atoms with Crippen molar-refractivity contribution < 1.29 is 28.7 Å². The van der Waals surface area contributed by atoms with Crippen LogP contribution in [-0.4, -0.2) is 98.0 Å². The van der Waals surface area contributed by atoms with Gasteiger partial charge in [0.15, 0.2) is 11.5 Å². The number of carboxylic acids is 1. The molecule has 2 aliphatic rings. The van der Waals surface area contributed by atoms with Crippen molar-refractivity contribution in [1.29, 1.82) is 0 Å². The van der Waals surface area contributed by atoms with Crippen LogP contribution in [0.5, 0.6) is 11.5 Å². The van der Waals surface area contributed by atoms with Crippen molar-refractivity contribution in [3.8, 4) is 11.5 Å². The van der Waals surface area contributed by atoms with Gasteiger partial charge in [0.05, 0.1) is 40.2 Å². The average Bonchev–Trinajstić information content (AvgIpc) is 3.46. The summed E-state index contributed by atoms with van der Waals surface area (Å²) in [6.07, 6.45) is 6.87. The topological polar surface area (TPSA) is 79.3 Å². The first kappa shape index (κ1) is 32.2. The first-order valence-electron chi connectivity index (χ1n) is 15.3. The lowest BCUT2D eigenvalue weighted by Gasteiger charge is -2.35. The van der Waals surface area contributed by atoms with Gasteiger partial charge in [-0.1, -0.05) is 46.6 Å². The molecule has 1 aromatic carbocycles. The van der Waals surface area contributed by atoms with Gasteiger partial charge >= 0.3 is 5.97 Å². The molecular formula is C32H54N3O5+. The third-order valence-corrected chi connectivity index (χ3v) is 8.53. The fourth-order valence-electron chi connectivity index (χ4n) is 6.45. The largest absolute Gasteiger partial charge is 0.481 e. The molecule has 0 radical (unpaired) electrons. The van der Waals surface area contributed by atoms with Crippen LogP contribution in [0.15, 0.2) is 18.2 Å². The first-order chi connectivity index (χ1) is 18.8. The van der Waals surface area contributed by atoms with E-state index in [9.17, 15) is 14.7 Å². The molecule has 3 rings (SSSR count). The summed E-state index contributed by atoms with van der Waals surface area (Å²) in [5.74, 6) is -0.142. The second-order valence-electron chi connectivity index (χ2n) is 13.7. The minimum atomic E-state index is -0.793. The molecule has 1 N–H and O–H groups in total. The number of fused-ring (bicyclic) bond motifs is 1. The van der Waals surface area contributed by atoms with Crippen LogP contribution in [-0.2, 0) is 9.59 Å². The van der Waals surface area contributed by atoms with Gasteiger partial charge in [0, 0.05) is 31.6 Å². The Bertz CT molecular complexity index is 989. The van der Waals surface area contributed by atoms with Crippen molar-refractivity contribution in [2.24, 2.45) is 11.3 Å². The number of quaternary nitrogens is 1. The summed E-state index contributed by atoms with van der Waals surface area (Å²) in [7, 11) is 6.59. The Kier molecular flexibility index (Phi) is 11.3. The molecule has 1 fully saturated rings. The van der Waals surface area contributed by atoms with Gasteiger partial charge < -0.3 is 24.0 Å². The van der Waals surface area contributed by atoms with Crippen molar-refractivity contribution in [3.63, 3.8) is 0 Å². The normalized spacial score (nSPS) is 21.1. The molecule has 0 spiro atoms. The molecule has 3 atom stereocenters. The standard InChI is InChI=1S/C32H53N3O5/c1-8-10-16-33(17-11-12-18-35(5,6)7)29(36)22-34-21-25(24-13-14-27-28(19-24)40-23-39-27)30(31(37)38)26(34)20-32(3,4)15-9-2/h13-14,19,25-26,30H,8-12,15-18,20-23H2,1-7H3/p+1/t25-,26+,30?/m1/s1. The Labute approximate surface area is 242 Å². The molecule has 40 heavy (non-hydrogen) atoms. The Hall–Kier alpha value is -2.32. The zero-order valence-electron chi connectivity index (χ0n) is 26.1. The van der Waals surface area contributed by atoms with Gasteiger partial charge in [-0.05, 0) is 55.2 Å². The molecule has 1 unspecified atom stereocenters. The Morgan fingerprint density at radius 3 is 2.40 bits per heavy atom. The number of likely N-dealkylation sites (tertiary alicyclic amines) is 1. The highest BCUT2D eigenvalue weighted by atomic mass is 16.7. The zero-order chi connectivity index (χ0) is 29.5. The van der Waals surface area contributed by atoms with E-state index in [1.54, 1.807) is 0 Å². The molecule has 0 aromatic heterocycles. The number of unbranched alkanes of at least 4 members (excludes halogenated alkanes) is 2. The number of hydrogen-bond acceptors (Lipinski definition) is 5. The number of nitrogens with zero attached hydrogens (tertiary/aromatic N) is 3. The maximum atomic E-state index is 13.8. The number of carbonyl (C=O) groups is 2. The number of hydrogen-bond donors (Lipinski definition) is 1. The molecule has 1 amide bonds. The summed E-state index contributed by atoms with van der Waals surface area (Å²) in [4.78, 5) is 30.9. The predicted molar refractivity (Wildman–Crippen MR) is 159 cm³/mol. The van der Waals surface area contributed by atoms with Crippen LogP contribution in [0.25, 0.3) is 0 Å². The molecule has 0 saturated carbocycles. The Morgan fingerprint density at radius 2 is 1.75 bits per heavy atom. The third-order valence-electron chi connectivity index (χ3n) is 8.53. The second kappa shape index (κ2) is 14.0. The molecular weight excluding hydrogens is 506 g/mol. The van der Waals surface area contributed by atoms with Gasteiger partial charge in [0.2, 0.25) is 12.7 Å². The van der Waals surface area contributed by atoms with E-state index in [2.05, 4.69) is 53.7 Å². The number of rotatable bonds is 16. The highest BCUT2D eigenvalue weighted by molar-refractivity contribution is 5.79. The van der Waals surface area contributed by atoms with Crippen molar-refractivity contribution in [1.82, 2.24) is 9.80 Å². The van der Waals surface area contributed by atoms with E-state index in [0.29, 0.717) is 18.0 Å². The molecule has 1 aromatic rings. The number of amides is 1. The van der Waals surface area contributed by atoms with Gasteiger partial charge in [-0.25, -0.2) is 0 Å². The molecule has 2 heterocycles. The number of carboxylic acid groups (broad SMARTS) is 1. The van der Waals surface area contributed by atoms with Crippen molar-refractivity contribution in [2.75, 3.05) is 60.7 Å². The first-order valence-corrected chi connectivity index (χ1v) is 15.3. The van der Waals surface area contributed by atoms with Crippen molar-refractivity contribution in [2.45, 2.75) is 84.6 Å². The minimum Gasteiger partial charge on any atom is -0.481 e. The molecule has 2 aliphatic heterocycles. The maximum absolute atomic E-state index is 13.8. The lowest BCUT2D eigenvalue weighted by molar-refractivity contribution is -0.870. The molecule has 1 saturated heterocycles. The summed E-state index contributed by atoms with van der Waals surface area (Å²) in [5, 5.41) is 10.5. The summed E-state index contributed by atoms with van der Waals surface area (Å²) in [6.45, 7) is 12.4. The second-order valence-corrected chi connectivity index (χ2v) is 13.7. The van der Waals surface area contributed by atoms with E-state index in [4.69, 9.17) is 9.47 Å². The van der Waals surface area contributed by atoms with Gasteiger partial charge in [-0.2, -0.15) is 0 Å². The molecule has 8 heteroatoms. The van der Waals surface area contributed by atoms with Gasteiger partial charge in [0.1, 0.15) is 0 Å². The monoisotopic (exact) mass is 560 g/mol. The summed E-state index contributed by atoms with van der Waals surface area (Å²) >= 11 is 0. The van der Waals surface area contributed by atoms with E-state index in [0.717, 1.165) is 74.6 Å². The van der Waals surface area contributed by atoms with Crippen molar-refractivity contribution >= 4 is 11.9 Å². The van der Waals surface area contributed by atoms with Crippen LogP contribution in [0.2, 0.25) is 0 Å². The van der Waals surface area contributed by atoms with E-state index in [1.807, 2.05) is 23.1 Å². The van der Waals surface area contributed by atoms with Crippen LogP contribution in [0, 0.1) is 11.3 Å². The minimum absolute atomic E-state index is 0.0225. The summed E-state index contributed by atoms with van der Waals surface area (Å²) in [6, 6.07) is 5.56. The fraction of sp³-hybridized carbons (Fsp3) is 0.750. The Balaban J connectivity index is 1.84. The van der Waals surface area contributed by atoms with Crippen molar-refractivity contribution in [3.05, 3.63) is 23.8 Å². The van der Waals surface area contributed by atoms with Gasteiger partial charge in [-0.3, -0.25) is 14.5 Å². The van der Waals surface area contributed by atoms with E-state index < -0.39 is 11.9 Å². The van der Waals surface area contributed by atoms with Crippen LogP contribution in [0.1, 0.15) is 84.1 Å². The van der Waals surface area contributed by atoms with E-state index in [1.165, 1.54) is 0 Å². The quantitative estimate of drug-likeness (QED) is 0.221. The van der Waals surface area contributed by atoms with Gasteiger partial charge in [-0.15, -0.1) is 0 Å². The summed E-state index contributed by atoms with van der Waals surface area (Å²) < 4.78 is 12.0. The van der Waals surface area contributed by atoms with Crippen LogP contribution < -0.4 is 9.47 Å². The number of ether oxygens (including phenoxy) is 2. The highest BCUT2D eigenvalue weighted by Gasteiger charge is 2.49. The van der Waals surface area contributed by atoms with Crippen LogP contribution in [0.4, 0.5) is 0 Å². The summed E-state index contributed by atoms with van der Waals surface area (Å²) in [5.41, 5.74) is 0.915. The van der Waals surface area contributed by atoms with Crippen LogP contribution >= 0.6 is 0 Å². The third kappa shape index (κ3) is 8.84. The number of carbonyl (C=O) groups excluding carboxylic acids is 1. The molecule has 0 aliphatic carbocycles. The SMILES string of the molecule is CCCCN(CCCC[N+](C)(C)C)C(=O)CN1C[C@H](c2ccc3c(c2)OCO3)C(C(=O)O)[C@@H]1CC(C)(C)CCC. The number of benzene rings is 1. The van der Waals surface area contributed by atoms with E-state index in [-0.39, 0.29) is 36.6 Å². The molecule has 226 valence electrons. The van der Waals surface area contributed by atoms with Crippen LogP contribution in [0.3, 0.4) is 0 Å². The fourth-order valence-corrected chi connectivity index (χ4v) is 6.45. The Morgan fingerprint density at radius 1 is 1.05 bits per heavy atom. The lowest BCUT2D eigenvalue weighted by atomic mass is 9.76. The highest BCUT2D eigenvalue weighted by Crippen LogP contribution is 2.45. The lowest BCUT2D eigenvalue weighted by Crippen LogP contribution is -2.46. The average molecular weight is 561 g/mol. The van der Waals surface area contributed by atoms with Gasteiger partial charge in [0.25, 0.3) is 0 Å². The smallest absolute Gasteiger partial charge is 0.308 e. The van der Waals surface area contributed by atoms with E-state index >= 15 is 0 Å². The zero-order valence-corrected chi connectivity index (χ0v) is 26.1. The molecule has 0 bridgehead atoms. The molecule has 8 nitrogen and oxygen atoms in total. The number of aliphatic carboxylic acids is 1. The maximum Gasteiger partial charge on any atom is 0.308 e.